The topological polar surface area (TPSA) is 79.5 Å². The van der Waals surface area contributed by atoms with E-state index in [1.54, 1.807) is 26.0 Å². The zero-order valence-electron chi connectivity index (χ0n) is 12.7. The van der Waals surface area contributed by atoms with Gasteiger partial charge in [-0.05, 0) is 44.0 Å². The van der Waals surface area contributed by atoms with Crippen molar-refractivity contribution in [2.45, 2.75) is 33.7 Å². The summed E-state index contributed by atoms with van der Waals surface area (Å²) in [6.07, 6.45) is 0.505. The van der Waals surface area contributed by atoms with Gasteiger partial charge in [0.05, 0.1) is 5.52 Å². The number of carboxylic acids is 1. The van der Waals surface area contributed by atoms with Crippen LogP contribution in [0, 0.1) is 18.8 Å². The van der Waals surface area contributed by atoms with Crippen molar-refractivity contribution in [1.82, 2.24) is 4.57 Å². The lowest BCUT2D eigenvalue weighted by Gasteiger charge is -2.14. The van der Waals surface area contributed by atoms with Gasteiger partial charge in [0.2, 0.25) is 0 Å². The van der Waals surface area contributed by atoms with Gasteiger partial charge >= 0.3 is 5.97 Å². The number of fused-ring (bicyclic) bond motifs is 1. The first-order valence-electron chi connectivity index (χ1n) is 6.94. The Bertz CT molecular complexity index is 882. The van der Waals surface area contributed by atoms with Crippen LogP contribution in [0.2, 0.25) is 0 Å². The zero-order valence-corrected chi connectivity index (χ0v) is 12.7. The number of hydrogen-bond acceptors (Lipinski definition) is 3. The molecule has 0 amide bonds. The van der Waals surface area contributed by atoms with Gasteiger partial charge in [-0.2, -0.15) is 0 Å². The van der Waals surface area contributed by atoms with E-state index >= 15 is 0 Å². The predicted molar refractivity (Wildman–Crippen MR) is 84.4 cm³/mol. The number of carbonyl (C=O) groups is 1. The molecule has 0 saturated carbocycles. The summed E-state index contributed by atoms with van der Waals surface area (Å²) in [6, 6.07) is 3.50. The lowest BCUT2D eigenvalue weighted by atomic mass is 10.00. The minimum Gasteiger partial charge on any atom is -0.506 e. The summed E-state index contributed by atoms with van der Waals surface area (Å²) in [7, 11) is 0. The normalized spacial score (nSPS) is 10.3. The van der Waals surface area contributed by atoms with Crippen molar-refractivity contribution in [3.05, 3.63) is 39.2 Å². The van der Waals surface area contributed by atoms with E-state index in [0.717, 1.165) is 11.1 Å². The van der Waals surface area contributed by atoms with Crippen LogP contribution in [-0.2, 0) is 13.0 Å². The first-order valence-corrected chi connectivity index (χ1v) is 6.94. The number of aromatic hydroxyl groups is 1. The van der Waals surface area contributed by atoms with Crippen LogP contribution in [0.1, 0.15) is 35.3 Å². The molecule has 0 radical (unpaired) electrons. The van der Waals surface area contributed by atoms with Crippen LogP contribution >= 0.6 is 0 Å². The molecule has 0 aliphatic heterocycles. The fourth-order valence-corrected chi connectivity index (χ4v) is 2.51. The Labute approximate surface area is 127 Å². The van der Waals surface area contributed by atoms with E-state index in [-0.39, 0.29) is 0 Å². The summed E-state index contributed by atoms with van der Waals surface area (Å²) in [4.78, 5) is 23.5. The van der Waals surface area contributed by atoms with Crippen LogP contribution in [-0.4, -0.2) is 20.7 Å². The fourth-order valence-electron chi connectivity index (χ4n) is 2.51. The van der Waals surface area contributed by atoms with Crippen molar-refractivity contribution in [3.8, 4) is 17.6 Å². The third-order valence-electron chi connectivity index (χ3n) is 3.68. The van der Waals surface area contributed by atoms with Gasteiger partial charge in [0.15, 0.2) is 5.56 Å². The van der Waals surface area contributed by atoms with Crippen molar-refractivity contribution in [2.75, 3.05) is 0 Å². The van der Waals surface area contributed by atoms with Crippen LogP contribution in [0.15, 0.2) is 16.9 Å². The highest BCUT2D eigenvalue weighted by Crippen LogP contribution is 2.29. The SMILES string of the molecule is CC#CCc1cc2c(O)c(C(=O)O)c(=O)n(CC)c2cc1C. The molecule has 0 bridgehead atoms. The van der Waals surface area contributed by atoms with Crippen LogP contribution in [0.5, 0.6) is 5.75 Å². The number of hydrogen-bond donors (Lipinski definition) is 2. The van der Waals surface area contributed by atoms with E-state index in [4.69, 9.17) is 0 Å². The number of nitrogens with zero attached hydrogens (tertiary/aromatic N) is 1. The molecule has 1 heterocycles. The molecule has 0 unspecified atom stereocenters. The van der Waals surface area contributed by atoms with Crippen molar-refractivity contribution < 1.29 is 15.0 Å². The van der Waals surface area contributed by atoms with E-state index in [1.807, 2.05) is 6.92 Å². The minimum atomic E-state index is -1.43. The Balaban J connectivity index is 2.94. The second kappa shape index (κ2) is 5.94. The van der Waals surface area contributed by atoms with Gasteiger partial charge in [0, 0.05) is 18.4 Å². The summed E-state index contributed by atoms with van der Waals surface area (Å²) in [5.41, 5.74) is 1.08. The van der Waals surface area contributed by atoms with Crippen molar-refractivity contribution in [1.29, 1.82) is 0 Å². The molecule has 0 atom stereocenters. The molecule has 0 saturated heterocycles. The average Bonchev–Trinajstić information content (AvgIpc) is 2.45. The van der Waals surface area contributed by atoms with Crippen molar-refractivity contribution >= 4 is 16.9 Å². The summed E-state index contributed by atoms with van der Waals surface area (Å²) in [6.45, 7) is 5.72. The molecule has 1 aromatic heterocycles. The molecule has 5 heteroatoms. The Morgan fingerprint density at radius 2 is 2.05 bits per heavy atom. The Morgan fingerprint density at radius 1 is 1.36 bits per heavy atom. The third-order valence-corrected chi connectivity index (χ3v) is 3.68. The number of aryl methyl sites for hydroxylation is 2. The summed E-state index contributed by atoms with van der Waals surface area (Å²) in [5.74, 6) is 3.84. The third kappa shape index (κ3) is 2.44. The van der Waals surface area contributed by atoms with Gasteiger partial charge in [-0.25, -0.2) is 4.79 Å². The fraction of sp³-hybridized carbons (Fsp3) is 0.294. The average molecular weight is 299 g/mol. The number of rotatable bonds is 3. The summed E-state index contributed by atoms with van der Waals surface area (Å²) < 4.78 is 1.36. The Kier molecular flexibility index (Phi) is 4.22. The number of aromatic nitrogens is 1. The number of benzene rings is 1. The van der Waals surface area contributed by atoms with Gasteiger partial charge < -0.3 is 14.8 Å². The van der Waals surface area contributed by atoms with Crippen LogP contribution < -0.4 is 5.56 Å². The highest BCUT2D eigenvalue weighted by molar-refractivity contribution is 5.99. The highest BCUT2D eigenvalue weighted by Gasteiger charge is 2.21. The molecule has 5 nitrogen and oxygen atoms in total. The Hall–Kier alpha value is -2.74. The maximum atomic E-state index is 12.2. The first-order chi connectivity index (χ1) is 10.4. The monoisotopic (exact) mass is 299 g/mol. The molecule has 0 spiro atoms. The lowest BCUT2D eigenvalue weighted by Crippen LogP contribution is -2.26. The number of pyridine rings is 1. The number of aromatic carboxylic acids is 1. The van der Waals surface area contributed by atoms with E-state index in [2.05, 4.69) is 11.8 Å². The smallest absolute Gasteiger partial charge is 0.345 e. The predicted octanol–water partition coefficient (Wildman–Crippen LogP) is 2.30. The van der Waals surface area contributed by atoms with Gasteiger partial charge in [0.1, 0.15) is 5.75 Å². The lowest BCUT2D eigenvalue weighted by molar-refractivity contribution is 0.0691. The van der Waals surface area contributed by atoms with Crippen molar-refractivity contribution in [3.63, 3.8) is 0 Å². The molecule has 1 aromatic carbocycles. The quantitative estimate of drug-likeness (QED) is 0.852. The summed E-state index contributed by atoms with van der Waals surface area (Å²) >= 11 is 0. The van der Waals surface area contributed by atoms with E-state index in [0.29, 0.717) is 23.9 Å². The molecule has 22 heavy (non-hydrogen) atoms. The molecular weight excluding hydrogens is 282 g/mol. The maximum absolute atomic E-state index is 12.2. The van der Waals surface area contributed by atoms with E-state index < -0.39 is 22.8 Å². The molecule has 2 aromatic rings. The van der Waals surface area contributed by atoms with Crippen LogP contribution in [0.3, 0.4) is 0 Å². The Morgan fingerprint density at radius 3 is 2.59 bits per heavy atom. The standard InChI is InChI=1S/C17H17NO4/c1-4-6-7-11-9-12-13(8-10(11)3)18(5-2)16(20)14(15(12)19)17(21)22/h8-9,19H,5,7H2,1-3H3,(H,21,22). The molecule has 0 aliphatic carbocycles. The van der Waals surface area contributed by atoms with Gasteiger partial charge in [-0.15, -0.1) is 5.92 Å². The van der Waals surface area contributed by atoms with E-state index in [9.17, 15) is 19.8 Å². The highest BCUT2D eigenvalue weighted by atomic mass is 16.4. The molecule has 2 N–H and O–H groups in total. The summed E-state index contributed by atoms with van der Waals surface area (Å²) in [5, 5.41) is 19.8. The minimum absolute atomic E-state index is 0.323. The van der Waals surface area contributed by atoms with Gasteiger partial charge in [-0.3, -0.25) is 4.79 Å². The number of carboxylic acid groups (broad SMARTS) is 1. The first kappa shape index (κ1) is 15.6. The zero-order chi connectivity index (χ0) is 16.4. The van der Waals surface area contributed by atoms with Crippen LogP contribution in [0.25, 0.3) is 10.9 Å². The molecule has 0 fully saturated rings. The second-order valence-corrected chi connectivity index (χ2v) is 4.98. The van der Waals surface area contributed by atoms with Crippen molar-refractivity contribution in [2.24, 2.45) is 0 Å². The van der Waals surface area contributed by atoms with Gasteiger partial charge in [0.25, 0.3) is 5.56 Å². The van der Waals surface area contributed by atoms with Crippen LogP contribution in [0.4, 0.5) is 0 Å². The molecular formula is C17H17NO4. The second-order valence-electron chi connectivity index (χ2n) is 4.98. The largest absolute Gasteiger partial charge is 0.506 e. The van der Waals surface area contributed by atoms with Gasteiger partial charge in [-0.1, -0.05) is 5.92 Å². The molecule has 2 rings (SSSR count). The molecule has 0 aliphatic rings. The molecule has 114 valence electrons. The maximum Gasteiger partial charge on any atom is 0.345 e. The van der Waals surface area contributed by atoms with E-state index in [1.165, 1.54) is 4.57 Å².